The number of carbonyl (C=O) groups is 1. The topological polar surface area (TPSA) is 26.3 Å². The normalized spacial score (nSPS) is 11.9. The Labute approximate surface area is 114 Å². The first kappa shape index (κ1) is 14.8. The van der Waals surface area contributed by atoms with E-state index in [0.29, 0.717) is 17.2 Å². The Morgan fingerprint density at radius 2 is 1.89 bits per heavy atom. The molecule has 0 fully saturated rings. The lowest BCUT2D eigenvalue weighted by molar-refractivity contribution is 0.0951. The molecule has 0 bridgehead atoms. The van der Waals surface area contributed by atoms with Gasteiger partial charge in [-0.25, -0.2) is 0 Å². The minimum atomic E-state index is -0.364. The van der Waals surface area contributed by atoms with Gasteiger partial charge in [0.1, 0.15) is 0 Å². The summed E-state index contributed by atoms with van der Waals surface area (Å²) in [6, 6.07) is 7.76. The molecule has 0 aromatic heterocycles. The van der Waals surface area contributed by atoms with Gasteiger partial charge < -0.3 is 4.74 Å². The third-order valence-corrected chi connectivity index (χ3v) is 3.28. The summed E-state index contributed by atoms with van der Waals surface area (Å²) in [6.07, 6.45) is 2.15. The van der Waals surface area contributed by atoms with E-state index in [-0.39, 0.29) is 11.7 Å². The van der Waals surface area contributed by atoms with Gasteiger partial charge in [-0.05, 0) is 38.0 Å². The molecule has 0 aliphatic rings. The zero-order chi connectivity index (χ0) is 13.5. The molecule has 0 radical (unpaired) electrons. The van der Waals surface area contributed by atoms with Crippen LogP contribution in [0.15, 0.2) is 24.3 Å². The van der Waals surface area contributed by atoms with Crippen molar-refractivity contribution < 1.29 is 9.53 Å². The smallest absolute Gasteiger partial charge is 0.174 e. The van der Waals surface area contributed by atoms with Crippen molar-refractivity contribution in [2.45, 2.75) is 33.6 Å². The minimum absolute atomic E-state index is 0.0245. The van der Waals surface area contributed by atoms with Crippen LogP contribution in [0.3, 0.4) is 0 Å². The molecule has 0 amide bonds. The van der Waals surface area contributed by atoms with E-state index in [1.165, 1.54) is 5.56 Å². The van der Waals surface area contributed by atoms with Crippen molar-refractivity contribution in [3.05, 3.63) is 35.4 Å². The number of ether oxygens (including phenoxy) is 1. The number of rotatable bonds is 6. The summed E-state index contributed by atoms with van der Waals surface area (Å²) in [4.78, 5) is 12.2. The average Bonchev–Trinajstić information content (AvgIpc) is 2.38. The van der Waals surface area contributed by atoms with E-state index in [4.69, 9.17) is 17.0 Å². The fourth-order valence-electron chi connectivity index (χ4n) is 1.75. The monoisotopic (exact) mass is 264 g/mol. The van der Waals surface area contributed by atoms with Gasteiger partial charge in [-0.3, -0.25) is 4.79 Å². The number of benzene rings is 1. The molecular formula is C15H20O2S. The maximum atomic E-state index is 12.2. The van der Waals surface area contributed by atoms with Gasteiger partial charge in [0.15, 0.2) is 10.8 Å². The van der Waals surface area contributed by atoms with Gasteiger partial charge in [-0.1, -0.05) is 37.6 Å². The van der Waals surface area contributed by atoms with Crippen LogP contribution in [-0.4, -0.2) is 17.4 Å². The molecular weight excluding hydrogens is 244 g/mol. The van der Waals surface area contributed by atoms with E-state index < -0.39 is 0 Å². The summed E-state index contributed by atoms with van der Waals surface area (Å²) in [7, 11) is 0. The van der Waals surface area contributed by atoms with Crippen LogP contribution in [0.5, 0.6) is 0 Å². The first-order valence-electron chi connectivity index (χ1n) is 6.39. The predicted molar refractivity (Wildman–Crippen MR) is 78.2 cm³/mol. The third-order valence-electron chi connectivity index (χ3n) is 2.81. The number of ketones is 1. The number of hydrogen-bond acceptors (Lipinski definition) is 3. The van der Waals surface area contributed by atoms with Crippen molar-refractivity contribution >= 4 is 23.1 Å². The maximum absolute atomic E-state index is 12.2. The molecule has 0 heterocycles. The molecule has 1 aromatic carbocycles. The Bertz CT molecular complexity index is 409. The van der Waals surface area contributed by atoms with Crippen LogP contribution in [-0.2, 0) is 11.2 Å². The predicted octanol–water partition coefficient (Wildman–Crippen LogP) is 3.82. The van der Waals surface area contributed by atoms with Crippen molar-refractivity contribution in [2.24, 2.45) is 5.92 Å². The second-order valence-electron chi connectivity index (χ2n) is 4.28. The fraction of sp³-hybridized carbons (Fsp3) is 0.467. The van der Waals surface area contributed by atoms with Crippen LogP contribution < -0.4 is 0 Å². The van der Waals surface area contributed by atoms with E-state index in [1.807, 2.05) is 31.2 Å². The Balaban J connectivity index is 2.74. The van der Waals surface area contributed by atoms with Gasteiger partial charge in [0.25, 0.3) is 0 Å². The quantitative estimate of drug-likeness (QED) is 0.577. The Morgan fingerprint density at radius 1 is 1.28 bits per heavy atom. The zero-order valence-electron chi connectivity index (χ0n) is 11.2. The maximum Gasteiger partial charge on any atom is 0.174 e. The number of hydrogen-bond donors (Lipinski definition) is 0. The van der Waals surface area contributed by atoms with Crippen molar-refractivity contribution in [1.82, 2.24) is 0 Å². The minimum Gasteiger partial charge on any atom is -0.487 e. The summed E-state index contributed by atoms with van der Waals surface area (Å²) in [5.41, 5.74) is 1.96. The second kappa shape index (κ2) is 7.27. The molecule has 2 nitrogen and oxygen atoms in total. The van der Waals surface area contributed by atoms with Crippen LogP contribution in [0.2, 0.25) is 0 Å². The first-order chi connectivity index (χ1) is 8.60. The third kappa shape index (κ3) is 3.91. The molecule has 0 N–H and O–H groups in total. The second-order valence-corrected chi connectivity index (χ2v) is 4.69. The average molecular weight is 264 g/mol. The molecule has 0 aliphatic heterocycles. The molecule has 1 aromatic rings. The lowest BCUT2D eigenvalue weighted by Gasteiger charge is -2.12. The van der Waals surface area contributed by atoms with E-state index in [1.54, 1.807) is 6.92 Å². The Kier molecular flexibility index (Phi) is 5.99. The number of aryl methyl sites for hydroxylation is 1. The molecule has 18 heavy (non-hydrogen) atoms. The summed E-state index contributed by atoms with van der Waals surface area (Å²) < 4.78 is 5.22. The van der Waals surface area contributed by atoms with Gasteiger partial charge in [-0.15, -0.1) is 0 Å². The highest BCUT2D eigenvalue weighted by Crippen LogP contribution is 2.13. The molecule has 0 saturated heterocycles. The molecule has 1 unspecified atom stereocenters. The number of Topliss-reactive ketones (excluding diaryl/α,β-unsaturated/α-hetero) is 1. The summed E-state index contributed by atoms with van der Waals surface area (Å²) in [6.45, 7) is 6.30. The highest BCUT2D eigenvalue weighted by Gasteiger charge is 2.20. The molecule has 98 valence electrons. The zero-order valence-corrected chi connectivity index (χ0v) is 12.0. The molecule has 0 spiro atoms. The lowest BCUT2D eigenvalue weighted by Crippen LogP contribution is -2.22. The van der Waals surface area contributed by atoms with Crippen LogP contribution in [0, 0.1) is 5.92 Å². The van der Waals surface area contributed by atoms with Gasteiger partial charge >= 0.3 is 0 Å². The van der Waals surface area contributed by atoms with Gasteiger partial charge in [0.05, 0.1) is 12.5 Å². The van der Waals surface area contributed by atoms with E-state index in [0.717, 1.165) is 12.8 Å². The highest BCUT2D eigenvalue weighted by atomic mass is 32.1. The van der Waals surface area contributed by atoms with Gasteiger partial charge in [-0.2, -0.15) is 0 Å². The van der Waals surface area contributed by atoms with Crippen molar-refractivity contribution in [1.29, 1.82) is 0 Å². The fourth-order valence-corrected chi connectivity index (χ4v) is 1.97. The molecule has 0 saturated carbocycles. The standard InChI is InChI=1S/C15H20O2S/c1-4-6-12-7-9-13(10-8-12)14(16)11(3)15(18)17-5-2/h7-11H,4-6H2,1-3H3. The largest absolute Gasteiger partial charge is 0.487 e. The molecule has 1 rings (SSSR count). The van der Waals surface area contributed by atoms with Crippen molar-refractivity contribution in [3.63, 3.8) is 0 Å². The van der Waals surface area contributed by atoms with Crippen LogP contribution in [0.1, 0.15) is 43.1 Å². The van der Waals surface area contributed by atoms with Crippen molar-refractivity contribution in [2.75, 3.05) is 6.61 Å². The molecule has 1 atom stereocenters. The Hall–Kier alpha value is -1.22. The first-order valence-corrected chi connectivity index (χ1v) is 6.80. The SMILES string of the molecule is CCCc1ccc(C(=O)C(C)C(=S)OCC)cc1. The van der Waals surface area contributed by atoms with Crippen LogP contribution in [0.25, 0.3) is 0 Å². The van der Waals surface area contributed by atoms with Crippen molar-refractivity contribution in [3.8, 4) is 0 Å². The Morgan fingerprint density at radius 3 is 2.39 bits per heavy atom. The lowest BCUT2D eigenvalue weighted by atomic mass is 9.98. The number of thiocarbonyl (C=S) groups is 1. The summed E-state index contributed by atoms with van der Waals surface area (Å²) in [5, 5.41) is 0.375. The van der Waals surface area contributed by atoms with Crippen LogP contribution >= 0.6 is 12.2 Å². The molecule has 0 aliphatic carbocycles. The van der Waals surface area contributed by atoms with E-state index >= 15 is 0 Å². The summed E-state index contributed by atoms with van der Waals surface area (Å²) >= 11 is 5.08. The van der Waals surface area contributed by atoms with Crippen LogP contribution in [0.4, 0.5) is 0 Å². The molecule has 3 heteroatoms. The van der Waals surface area contributed by atoms with Gasteiger partial charge in [0.2, 0.25) is 0 Å². The van der Waals surface area contributed by atoms with Gasteiger partial charge in [0, 0.05) is 5.56 Å². The number of carbonyl (C=O) groups excluding carboxylic acids is 1. The van der Waals surface area contributed by atoms with E-state index in [9.17, 15) is 4.79 Å². The summed E-state index contributed by atoms with van der Waals surface area (Å²) in [5.74, 6) is -0.339. The highest BCUT2D eigenvalue weighted by molar-refractivity contribution is 7.80. The van der Waals surface area contributed by atoms with E-state index in [2.05, 4.69) is 6.92 Å².